The topological polar surface area (TPSA) is 98.7 Å². The molecule has 0 unspecified atom stereocenters. The fraction of sp³-hybridized carbons (Fsp3) is 0.318. The zero-order chi connectivity index (χ0) is 21.4. The first kappa shape index (κ1) is 19.9. The molecule has 2 atom stereocenters. The quantitative estimate of drug-likeness (QED) is 0.464. The Kier molecular flexibility index (Phi) is 5.27. The van der Waals surface area contributed by atoms with Crippen LogP contribution in [0.4, 0.5) is 0 Å². The van der Waals surface area contributed by atoms with Gasteiger partial charge in [0.15, 0.2) is 5.65 Å². The number of benzene rings is 1. The number of oxazole rings is 1. The van der Waals surface area contributed by atoms with Crippen molar-refractivity contribution in [3.63, 3.8) is 0 Å². The lowest BCUT2D eigenvalue weighted by Crippen LogP contribution is -2.25. The second-order valence-electron chi connectivity index (χ2n) is 7.80. The van der Waals surface area contributed by atoms with Crippen molar-refractivity contribution in [1.29, 1.82) is 0 Å². The molecule has 5 rings (SSSR count). The van der Waals surface area contributed by atoms with E-state index >= 15 is 0 Å². The van der Waals surface area contributed by atoms with Crippen LogP contribution in [0.3, 0.4) is 0 Å². The lowest BCUT2D eigenvalue weighted by molar-refractivity contribution is -0.124. The molecule has 1 aliphatic carbocycles. The van der Waals surface area contributed by atoms with Gasteiger partial charge < -0.3 is 9.73 Å². The molecule has 1 saturated carbocycles. The number of aromatic nitrogens is 5. The maximum absolute atomic E-state index is 11.9. The molecular weight excluding hydrogens is 460 g/mol. The molecule has 1 aromatic carbocycles. The maximum atomic E-state index is 11.9. The number of fused-ring (bicyclic) bond motifs is 1. The minimum absolute atomic E-state index is 0.0977. The largest absolute Gasteiger partial charge is 0.445 e. The smallest absolute Gasteiger partial charge is 0.225 e. The molecule has 9 heteroatoms. The number of rotatable bonds is 5. The summed E-state index contributed by atoms with van der Waals surface area (Å²) in [6.07, 6.45) is 8.58. The van der Waals surface area contributed by atoms with Gasteiger partial charge in [-0.2, -0.15) is 5.10 Å². The van der Waals surface area contributed by atoms with Gasteiger partial charge in [0.05, 0.1) is 17.3 Å². The van der Waals surface area contributed by atoms with Crippen LogP contribution in [0.1, 0.15) is 25.1 Å². The lowest BCUT2D eigenvalue weighted by atomic mass is 10.0. The van der Waals surface area contributed by atoms with Crippen LogP contribution in [0.2, 0.25) is 0 Å². The molecule has 0 radical (unpaired) electrons. The van der Waals surface area contributed by atoms with Crippen molar-refractivity contribution in [3.05, 3.63) is 53.3 Å². The van der Waals surface area contributed by atoms with Crippen molar-refractivity contribution in [2.45, 2.75) is 25.7 Å². The third-order valence-corrected chi connectivity index (χ3v) is 6.44. The Balaban J connectivity index is 1.41. The minimum atomic E-state index is 0.0977. The second kappa shape index (κ2) is 8.22. The van der Waals surface area contributed by atoms with E-state index in [1.807, 2.05) is 35.1 Å². The van der Waals surface area contributed by atoms with Crippen molar-refractivity contribution in [3.8, 4) is 17.1 Å². The van der Waals surface area contributed by atoms with E-state index in [1.54, 1.807) is 19.5 Å². The number of hydrogen-bond acceptors (Lipinski definition) is 6. The van der Waals surface area contributed by atoms with Crippen LogP contribution in [0.5, 0.6) is 0 Å². The Labute approximate surface area is 187 Å². The summed E-state index contributed by atoms with van der Waals surface area (Å²) in [5.41, 5.74) is 2.53. The van der Waals surface area contributed by atoms with Gasteiger partial charge in [-0.25, -0.2) is 19.6 Å². The van der Waals surface area contributed by atoms with E-state index in [-0.39, 0.29) is 11.8 Å². The summed E-state index contributed by atoms with van der Waals surface area (Å²) in [5.74, 6) is 2.00. The number of carbonyl (C=O) groups is 1. The van der Waals surface area contributed by atoms with Crippen molar-refractivity contribution in [1.82, 2.24) is 30.0 Å². The summed E-state index contributed by atoms with van der Waals surface area (Å²) in [6.45, 7) is 0. The van der Waals surface area contributed by atoms with Crippen LogP contribution in [0.25, 0.3) is 28.2 Å². The van der Waals surface area contributed by atoms with Gasteiger partial charge in [-0.15, -0.1) is 0 Å². The molecule has 158 valence electrons. The van der Waals surface area contributed by atoms with Crippen LogP contribution in [0, 0.1) is 11.8 Å². The van der Waals surface area contributed by atoms with Gasteiger partial charge in [-0.05, 0) is 65.4 Å². The number of carbonyl (C=O) groups excluding carboxylic acids is 1. The molecule has 3 aromatic heterocycles. The monoisotopic (exact) mass is 480 g/mol. The number of nitrogens with one attached hydrogen (secondary N) is 1. The van der Waals surface area contributed by atoms with Crippen molar-refractivity contribution < 1.29 is 9.21 Å². The van der Waals surface area contributed by atoms with E-state index in [0.717, 1.165) is 53.8 Å². The Morgan fingerprint density at radius 1 is 1.26 bits per heavy atom. The zero-order valence-electron chi connectivity index (χ0n) is 17.0. The zero-order valence-corrected chi connectivity index (χ0v) is 18.5. The Bertz CT molecular complexity index is 1220. The third-order valence-electron chi connectivity index (χ3n) is 5.85. The van der Waals surface area contributed by atoms with Gasteiger partial charge >= 0.3 is 0 Å². The first-order valence-corrected chi connectivity index (χ1v) is 11.0. The van der Waals surface area contributed by atoms with Crippen LogP contribution in [0.15, 0.2) is 51.9 Å². The summed E-state index contributed by atoms with van der Waals surface area (Å²) >= 11 is 3.52. The highest BCUT2D eigenvalue weighted by Gasteiger charge is 2.30. The molecule has 0 saturated heterocycles. The highest BCUT2D eigenvalue weighted by molar-refractivity contribution is 9.10. The Morgan fingerprint density at radius 3 is 2.84 bits per heavy atom. The standard InChI is InChI=1S/C22H21BrN6O2/c1-24-21(30)15-3-2-13(10-15)11-18-26-12-17-19(23)28-29(20(17)27-18)16-6-4-14(5-7-16)22-25-8-9-31-22/h4-9,12-13,15H,2-3,10-11H2,1H3,(H,24,30)/t13-,15-/m1/s1. The minimum Gasteiger partial charge on any atom is -0.445 e. The van der Waals surface area contributed by atoms with Gasteiger partial charge in [-0.1, -0.05) is 0 Å². The Hall–Kier alpha value is -3.07. The van der Waals surface area contributed by atoms with E-state index in [0.29, 0.717) is 16.4 Å². The number of amides is 1. The van der Waals surface area contributed by atoms with E-state index in [4.69, 9.17) is 9.40 Å². The van der Waals surface area contributed by atoms with Gasteiger partial charge in [0.25, 0.3) is 0 Å². The molecule has 4 aromatic rings. The lowest BCUT2D eigenvalue weighted by Gasteiger charge is -2.10. The third kappa shape index (κ3) is 3.85. The van der Waals surface area contributed by atoms with E-state index in [9.17, 15) is 4.79 Å². The molecule has 3 heterocycles. The SMILES string of the molecule is CNC(=O)[C@@H]1CC[C@@H](Cc2ncc3c(Br)nn(-c4ccc(-c5ncco5)cc4)c3n2)C1. The van der Waals surface area contributed by atoms with Crippen LogP contribution >= 0.6 is 15.9 Å². The van der Waals surface area contributed by atoms with Gasteiger partial charge in [-0.3, -0.25) is 4.79 Å². The molecule has 0 spiro atoms. The normalized spacial score (nSPS) is 18.5. The van der Waals surface area contributed by atoms with Crippen molar-refractivity contribution in [2.24, 2.45) is 11.8 Å². The molecular formula is C22H21BrN6O2. The van der Waals surface area contributed by atoms with Crippen LogP contribution in [-0.4, -0.2) is 37.7 Å². The molecule has 0 aliphatic heterocycles. The number of hydrogen-bond donors (Lipinski definition) is 1. The molecule has 31 heavy (non-hydrogen) atoms. The molecule has 1 N–H and O–H groups in total. The molecule has 1 aliphatic rings. The van der Waals surface area contributed by atoms with E-state index in [1.165, 1.54) is 0 Å². The molecule has 0 bridgehead atoms. The number of halogens is 1. The first-order valence-electron chi connectivity index (χ1n) is 10.2. The fourth-order valence-corrected chi connectivity index (χ4v) is 4.69. The highest BCUT2D eigenvalue weighted by atomic mass is 79.9. The molecule has 1 fully saturated rings. The summed E-state index contributed by atoms with van der Waals surface area (Å²) in [4.78, 5) is 25.5. The van der Waals surface area contributed by atoms with Crippen molar-refractivity contribution >= 4 is 32.9 Å². The van der Waals surface area contributed by atoms with Crippen molar-refractivity contribution in [2.75, 3.05) is 7.05 Å². The van der Waals surface area contributed by atoms with Gasteiger partial charge in [0, 0.05) is 31.1 Å². The number of nitrogens with zero attached hydrogens (tertiary/aromatic N) is 5. The Morgan fingerprint density at radius 2 is 2.10 bits per heavy atom. The van der Waals surface area contributed by atoms with Crippen LogP contribution in [-0.2, 0) is 11.2 Å². The average Bonchev–Trinajstić information content (AvgIpc) is 3.54. The highest BCUT2D eigenvalue weighted by Crippen LogP contribution is 2.33. The second-order valence-corrected chi connectivity index (χ2v) is 8.56. The predicted octanol–water partition coefficient (Wildman–Crippen LogP) is 3.94. The molecule has 1 amide bonds. The molecule has 8 nitrogen and oxygen atoms in total. The predicted molar refractivity (Wildman–Crippen MR) is 118 cm³/mol. The summed E-state index contributed by atoms with van der Waals surface area (Å²) in [7, 11) is 1.70. The first-order chi connectivity index (χ1) is 15.1. The summed E-state index contributed by atoms with van der Waals surface area (Å²) in [5, 5.41) is 8.23. The fourth-order valence-electron chi connectivity index (χ4n) is 4.25. The van der Waals surface area contributed by atoms with Crippen LogP contribution < -0.4 is 5.32 Å². The average molecular weight is 481 g/mol. The summed E-state index contributed by atoms with van der Waals surface area (Å²) < 4.78 is 7.87. The van der Waals surface area contributed by atoms with Gasteiger partial charge in [0.1, 0.15) is 16.7 Å². The van der Waals surface area contributed by atoms with E-state index in [2.05, 4.69) is 36.3 Å². The van der Waals surface area contributed by atoms with E-state index < -0.39 is 0 Å². The van der Waals surface area contributed by atoms with Gasteiger partial charge in [0.2, 0.25) is 11.8 Å². The maximum Gasteiger partial charge on any atom is 0.225 e. The summed E-state index contributed by atoms with van der Waals surface area (Å²) in [6, 6.07) is 7.82.